The highest BCUT2D eigenvalue weighted by molar-refractivity contribution is 5.93. The van der Waals surface area contributed by atoms with Crippen LogP contribution in [0.4, 0.5) is 10.5 Å². The van der Waals surface area contributed by atoms with E-state index in [4.69, 9.17) is 9.84 Å². The van der Waals surface area contributed by atoms with Crippen LogP contribution in [0.15, 0.2) is 42.5 Å². The number of rotatable bonds is 5. The van der Waals surface area contributed by atoms with Crippen LogP contribution in [-0.4, -0.2) is 23.8 Å². The molecule has 0 saturated carbocycles. The number of benzene rings is 2. The number of nitrogens with one attached hydrogen (secondary N) is 2. The third kappa shape index (κ3) is 4.74. The summed E-state index contributed by atoms with van der Waals surface area (Å²) in [5.74, 6) is -0.351. The van der Waals surface area contributed by atoms with Crippen molar-refractivity contribution in [1.82, 2.24) is 5.32 Å². The Morgan fingerprint density at radius 1 is 1.13 bits per heavy atom. The molecular weight excluding hydrogens is 296 g/mol. The fourth-order valence-corrected chi connectivity index (χ4v) is 2.05. The fourth-order valence-electron chi connectivity index (χ4n) is 2.05. The van der Waals surface area contributed by atoms with Crippen molar-refractivity contribution in [3.63, 3.8) is 0 Å². The molecule has 3 N–H and O–H groups in total. The van der Waals surface area contributed by atoms with Crippen LogP contribution in [0.1, 0.15) is 21.5 Å². The van der Waals surface area contributed by atoms with E-state index >= 15 is 0 Å². The van der Waals surface area contributed by atoms with Crippen molar-refractivity contribution in [3.05, 3.63) is 59.2 Å². The normalized spacial score (nSPS) is 10.0. The molecule has 2 aromatic carbocycles. The van der Waals surface area contributed by atoms with Crippen molar-refractivity contribution in [3.8, 4) is 5.75 Å². The molecule has 0 spiro atoms. The first kappa shape index (κ1) is 16.4. The maximum absolute atomic E-state index is 11.8. The molecule has 0 fully saturated rings. The van der Waals surface area contributed by atoms with Gasteiger partial charge < -0.3 is 20.5 Å². The number of carboxylic acids is 1. The van der Waals surface area contributed by atoms with E-state index in [9.17, 15) is 9.59 Å². The van der Waals surface area contributed by atoms with Crippen LogP contribution >= 0.6 is 0 Å². The van der Waals surface area contributed by atoms with Crippen molar-refractivity contribution in [2.75, 3.05) is 12.0 Å². The molecular formula is C17H18N2O4. The highest BCUT2D eigenvalue weighted by Gasteiger charge is 2.06. The molecule has 0 heterocycles. The zero-order valence-electron chi connectivity index (χ0n) is 12.9. The smallest absolute Gasteiger partial charge is 0.335 e. The van der Waals surface area contributed by atoms with Gasteiger partial charge in [0.1, 0.15) is 5.75 Å². The monoisotopic (exact) mass is 314 g/mol. The van der Waals surface area contributed by atoms with Gasteiger partial charge in [0.25, 0.3) is 0 Å². The van der Waals surface area contributed by atoms with E-state index in [1.165, 1.54) is 12.1 Å². The van der Waals surface area contributed by atoms with E-state index in [1.54, 1.807) is 12.1 Å². The van der Waals surface area contributed by atoms with Crippen LogP contribution in [0.2, 0.25) is 0 Å². The molecule has 0 aliphatic heterocycles. The first-order valence-corrected chi connectivity index (χ1v) is 7.04. The highest BCUT2D eigenvalue weighted by Crippen LogP contribution is 2.18. The van der Waals surface area contributed by atoms with Gasteiger partial charge in [0.2, 0.25) is 0 Å². The Labute approximate surface area is 134 Å². The minimum atomic E-state index is -1.05. The summed E-state index contributed by atoms with van der Waals surface area (Å²) in [5, 5.41) is 14.0. The van der Waals surface area contributed by atoms with Gasteiger partial charge >= 0.3 is 12.0 Å². The van der Waals surface area contributed by atoms with Crippen molar-refractivity contribution < 1.29 is 19.4 Å². The molecule has 0 atom stereocenters. The fraction of sp³-hybridized carbons (Fsp3) is 0.176. The average Bonchev–Trinajstić information content (AvgIpc) is 2.49. The molecule has 0 radical (unpaired) electrons. The summed E-state index contributed by atoms with van der Waals surface area (Å²) in [4.78, 5) is 22.6. The van der Waals surface area contributed by atoms with Gasteiger partial charge in [-0.25, -0.2) is 9.59 Å². The van der Waals surface area contributed by atoms with Gasteiger partial charge in [-0.2, -0.15) is 0 Å². The summed E-state index contributed by atoms with van der Waals surface area (Å²) in [6.45, 7) is 3.93. The Bertz CT molecular complexity index is 728. The first-order chi connectivity index (χ1) is 11.0. The lowest BCUT2D eigenvalue weighted by Crippen LogP contribution is -2.32. The average molecular weight is 314 g/mol. The molecule has 0 aliphatic rings. The maximum Gasteiger partial charge on any atom is 0.335 e. The van der Waals surface area contributed by atoms with Crippen LogP contribution in [0.25, 0.3) is 0 Å². The Morgan fingerprint density at radius 3 is 2.61 bits per heavy atom. The highest BCUT2D eigenvalue weighted by atomic mass is 16.5. The van der Waals surface area contributed by atoms with Gasteiger partial charge in [-0.15, -0.1) is 0 Å². The quantitative estimate of drug-likeness (QED) is 0.740. The lowest BCUT2D eigenvalue weighted by molar-refractivity contribution is 0.0697. The van der Waals surface area contributed by atoms with E-state index in [0.29, 0.717) is 11.4 Å². The third-order valence-electron chi connectivity index (χ3n) is 3.16. The molecule has 6 nitrogen and oxygen atoms in total. The van der Waals surface area contributed by atoms with E-state index < -0.39 is 12.0 Å². The lowest BCUT2D eigenvalue weighted by Gasteiger charge is -2.11. The number of urea groups is 1. The van der Waals surface area contributed by atoms with Crippen LogP contribution in [0, 0.1) is 13.8 Å². The standard InChI is InChI=1S/C17H18N2O4/c1-11-6-7-15(12(2)8-11)23-10-18-17(22)19-14-5-3-4-13(9-14)16(20)21/h3-9H,10H2,1-2H3,(H,20,21)(H2,18,19,22). The van der Waals surface area contributed by atoms with E-state index in [1.807, 2.05) is 32.0 Å². The van der Waals surface area contributed by atoms with Crippen LogP contribution in [0.5, 0.6) is 5.75 Å². The largest absolute Gasteiger partial charge is 0.478 e. The molecule has 0 bridgehead atoms. The Balaban J connectivity index is 1.85. The van der Waals surface area contributed by atoms with Crippen LogP contribution in [-0.2, 0) is 0 Å². The van der Waals surface area contributed by atoms with Crippen LogP contribution < -0.4 is 15.4 Å². The summed E-state index contributed by atoms with van der Waals surface area (Å²) >= 11 is 0. The topological polar surface area (TPSA) is 87.7 Å². The Morgan fingerprint density at radius 2 is 1.91 bits per heavy atom. The molecule has 0 unspecified atom stereocenters. The Kier molecular flexibility index (Phi) is 5.19. The molecule has 120 valence electrons. The maximum atomic E-state index is 11.8. The second-order valence-electron chi connectivity index (χ2n) is 5.07. The molecule has 0 aromatic heterocycles. The number of carbonyl (C=O) groups excluding carboxylic acids is 1. The number of carboxylic acid groups (broad SMARTS) is 1. The van der Waals surface area contributed by atoms with Gasteiger partial charge in [-0.3, -0.25) is 0 Å². The second-order valence-corrected chi connectivity index (χ2v) is 5.07. The summed E-state index contributed by atoms with van der Waals surface area (Å²) in [6, 6.07) is 11.3. The van der Waals surface area contributed by atoms with E-state index in [-0.39, 0.29) is 12.3 Å². The molecule has 6 heteroatoms. The van der Waals surface area contributed by atoms with E-state index in [2.05, 4.69) is 10.6 Å². The molecule has 2 aromatic rings. The summed E-state index contributed by atoms with van der Waals surface area (Å²) in [5.41, 5.74) is 2.63. The summed E-state index contributed by atoms with van der Waals surface area (Å²) < 4.78 is 5.50. The molecule has 2 rings (SSSR count). The second kappa shape index (κ2) is 7.31. The summed E-state index contributed by atoms with van der Waals surface area (Å²) in [7, 11) is 0. The SMILES string of the molecule is Cc1ccc(OCNC(=O)Nc2cccc(C(=O)O)c2)c(C)c1. The zero-order chi connectivity index (χ0) is 16.8. The number of carbonyl (C=O) groups is 2. The lowest BCUT2D eigenvalue weighted by atomic mass is 10.1. The zero-order valence-corrected chi connectivity index (χ0v) is 12.9. The van der Waals surface area contributed by atoms with Gasteiger partial charge in [0, 0.05) is 5.69 Å². The molecule has 23 heavy (non-hydrogen) atoms. The van der Waals surface area contributed by atoms with Gasteiger partial charge in [-0.05, 0) is 43.7 Å². The number of anilines is 1. The number of hydrogen-bond donors (Lipinski definition) is 3. The predicted octanol–water partition coefficient (Wildman–Crippen LogP) is 3.16. The molecule has 0 saturated heterocycles. The Hall–Kier alpha value is -3.02. The van der Waals surface area contributed by atoms with Crippen molar-refractivity contribution >= 4 is 17.7 Å². The minimum Gasteiger partial charge on any atom is -0.478 e. The molecule has 2 amide bonds. The molecule has 0 aliphatic carbocycles. The van der Waals surface area contributed by atoms with Crippen LogP contribution in [0.3, 0.4) is 0 Å². The van der Waals surface area contributed by atoms with E-state index in [0.717, 1.165) is 11.1 Å². The predicted molar refractivity (Wildman–Crippen MR) is 87.0 cm³/mol. The minimum absolute atomic E-state index is 0.00829. The first-order valence-electron chi connectivity index (χ1n) is 7.04. The van der Waals surface area contributed by atoms with Gasteiger partial charge in [0.15, 0.2) is 6.73 Å². The number of ether oxygens (including phenoxy) is 1. The number of aryl methyl sites for hydroxylation is 2. The van der Waals surface area contributed by atoms with Crippen molar-refractivity contribution in [2.24, 2.45) is 0 Å². The van der Waals surface area contributed by atoms with Gasteiger partial charge in [0.05, 0.1) is 5.56 Å². The van der Waals surface area contributed by atoms with Gasteiger partial charge in [-0.1, -0.05) is 23.8 Å². The summed E-state index contributed by atoms with van der Waals surface area (Å²) in [6.07, 6.45) is 0. The third-order valence-corrected chi connectivity index (χ3v) is 3.16. The number of amides is 2. The van der Waals surface area contributed by atoms with Crippen molar-refractivity contribution in [1.29, 1.82) is 0 Å². The van der Waals surface area contributed by atoms with Crippen molar-refractivity contribution in [2.45, 2.75) is 13.8 Å². The number of hydrogen-bond acceptors (Lipinski definition) is 3. The number of aromatic carboxylic acids is 1.